The molecule has 156 valence electrons. The van der Waals surface area contributed by atoms with Crippen LogP contribution in [0.1, 0.15) is 16.7 Å². The van der Waals surface area contributed by atoms with Crippen molar-refractivity contribution in [2.24, 2.45) is 0 Å². The van der Waals surface area contributed by atoms with Crippen molar-refractivity contribution < 1.29 is 17.9 Å². The van der Waals surface area contributed by atoms with Gasteiger partial charge in [0.15, 0.2) is 6.61 Å². The van der Waals surface area contributed by atoms with Crippen LogP contribution in [0.4, 0.5) is 11.4 Å². The number of aryl methyl sites for hydroxylation is 3. The summed E-state index contributed by atoms with van der Waals surface area (Å²) in [6.45, 7) is 5.35. The molecule has 0 fully saturated rings. The van der Waals surface area contributed by atoms with Gasteiger partial charge in [-0.15, -0.1) is 0 Å². The number of ether oxygens (including phenoxy) is 1. The van der Waals surface area contributed by atoms with E-state index in [9.17, 15) is 13.2 Å². The number of carbonyl (C=O) groups excluding carboxylic acids is 1. The maximum atomic E-state index is 12.9. The van der Waals surface area contributed by atoms with E-state index in [4.69, 9.17) is 4.74 Å². The lowest BCUT2D eigenvalue weighted by molar-refractivity contribution is -0.118. The van der Waals surface area contributed by atoms with E-state index < -0.39 is 10.0 Å². The van der Waals surface area contributed by atoms with Crippen molar-refractivity contribution in [3.05, 3.63) is 83.4 Å². The van der Waals surface area contributed by atoms with Gasteiger partial charge in [-0.05, 0) is 73.9 Å². The molecule has 0 unspecified atom stereocenters. The molecule has 0 saturated carbocycles. The van der Waals surface area contributed by atoms with E-state index in [2.05, 4.69) is 10.0 Å². The Bertz CT molecular complexity index is 1170. The fourth-order valence-electron chi connectivity index (χ4n) is 2.94. The zero-order valence-electron chi connectivity index (χ0n) is 17.1. The molecule has 0 spiro atoms. The maximum absolute atomic E-state index is 12.9. The van der Waals surface area contributed by atoms with Gasteiger partial charge in [0.05, 0.1) is 4.90 Å². The lowest BCUT2D eigenvalue weighted by Gasteiger charge is -2.13. The van der Waals surface area contributed by atoms with Crippen molar-refractivity contribution in [1.82, 2.24) is 0 Å². The number of hydrogen-bond acceptors (Lipinski definition) is 4. The van der Waals surface area contributed by atoms with Crippen LogP contribution < -0.4 is 14.8 Å². The van der Waals surface area contributed by atoms with Crippen molar-refractivity contribution in [3.63, 3.8) is 0 Å². The van der Waals surface area contributed by atoms with E-state index in [0.29, 0.717) is 22.7 Å². The summed E-state index contributed by atoms with van der Waals surface area (Å²) >= 11 is 0. The van der Waals surface area contributed by atoms with E-state index in [0.717, 1.165) is 11.1 Å². The summed E-state index contributed by atoms with van der Waals surface area (Å²) in [7, 11) is -3.81. The molecule has 3 rings (SSSR count). The molecule has 0 saturated heterocycles. The lowest BCUT2D eigenvalue weighted by Crippen LogP contribution is -2.21. The molecule has 7 heteroatoms. The highest BCUT2D eigenvalue weighted by molar-refractivity contribution is 7.92. The molecule has 30 heavy (non-hydrogen) atoms. The Kier molecular flexibility index (Phi) is 6.42. The van der Waals surface area contributed by atoms with Crippen LogP contribution in [0.25, 0.3) is 0 Å². The van der Waals surface area contributed by atoms with Gasteiger partial charge in [-0.25, -0.2) is 8.42 Å². The second-order valence-corrected chi connectivity index (χ2v) is 8.76. The zero-order valence-corrected chi connectivity index (χ0v) is 17.9. The predicted octanol–water partition coefficient (Wildman–Crippen LogP) is 4.43. The van der Waals surface area contributed by atoms with Crippen molar-refractivity contribution in [3.8, 4) is 5.75 Å². The Hall–Kier alpha value is -3.32. The number of nitrogens with one attached hydrogen (secondary N) is 2. The highest BCUT2D eigenvalue weighted by Gasteiger charge is 2.18. The third-order valence-electron chi connectivity index (χ3n) is 4.39. The van der Waals surface area contributed by atoms with Gasteiger partial charge in [0, 0.05) is 11.4 Å². The van der Waals surface area contributed by atoms with Gasteiger partial charge in [0.1, 0.15) is 5.75 Å². The van der Waals surface area contributed by atoms with Crippen LogP contribution in [0.5, 0.6) is 5.75 Å². The summed E-state index contributed by atoms with van der Waals surface area (Å²) in [6, 6.07) is 19.3. The first-order valence-electron chi connectivity index (χ1n) is 9.42. The van der Waals surface area contributed by atoms with Gasteiger partial charge < -0.3 is 10.1 Å². The molecular weight excluding hydrogens is 400 g/mol. The van der Waals surface area contributed by atoms with Crippen LogP contribution >= 0.6 is 0 Å². The first kappa shape index (κ1) is 21.4. The van der Waals surface area contributed by atoms with Crippen LogP contribution in [-0.4, -0.2) is 20.9 Å². The number of benzene rings is 3. The summed E-state index contributed by atoms with van der Waals surface area (Å²) in [6.07, 6.45) is 0. The van der Waals surface area contributed by atoms with E-state index >= 15 is 0 Å². The number of sulfonamides is 1. The van der Waals surface area contributed by atoms with Gasteiger partial charge in [0.25, 0.3) is 15.9 Å². The van der Waals surface area contributed by atoms with E-state index in [1.807, 2.05) is 38.1 Å². The Balaban J connectivity index is 1.71. The van der Waals surface area contributed by atoms with Gasteiger partial charge >= 0.3 is 0 Å². The van der Waals surface area contributed by atoms with Gasteiger partial charge in [0.2, 0.25) is 0 Å². The minimum absolute atomic E-state index is 0.0985. The predicted molar refractivity (Wildman–Crippen MR) is 118 cm³/mol. The lowest BCUT2D eigenvalue weighted by atomic mass is 10.2. The molecule has 0 aliphatic rings. The molecule has 3 aromatic rings. The molecule has 2 N–H and O–H groups in total. The third kappa shape index (κ3) is 5.61. The first-order valence-corrected chi connectivity index (χ1v) is 10.9. The molecule has 0 aliphatic heterocycles. The first-order chi connectivity index (χ1) is 14.2. The zero-order chi connectivity index (χ0) is 21.7. The highest BCUT2D eigenvalue weighted by atomic mass is 32.2. The second-order valence-electron chi connectivity index (χ2n) is 7.11. The third-order valence-corrected chi connectivity index (χ3v) is 5.91. The van der Waals surface area contributed by atoms with Crippen molar-refractivity contribution in [2.75, 3.05) is 16.6 Å². The number of amides is 1. The van der Waals surface area contributed by atoms with Crippen LogP contribution in [0.2, 0.25) is 0 Å². The fraction of sp³-hybridized carbons (Fsp3) is 0.174. The SMILES string of the molecule is Cc1cccc(NS(=O)(=O)c2cc(NC(=O)COc3cccc(C)c3)ccc2C)c1. The highest BCUT2D eigenvalue weighted by Crippen LogP contribution is 2.23. The average Bonchev–Trinajstić information content (AvgIpc) is 2.67. The van der Waals surface area contributed by atoms with Crippen LogP contribution in [0.15, 0.2) is 71.6 Å². The van der Waals surface area contributed by atoms with Crippen LogP contribution in [0.3, 0.4) is 0 Å². The summed E-state index contributed by atoms with van der Waals surface area (Å²) in [4.78, 5) is 12.3. The molecule has 0 aromatic heterocycles. The Morgan fingerprint density at radius 2 is 1.57 bits per heavy atom. The van der Waals surface area contributed by atoms with Crippen molar-refractivity contribution in [1.29, 1.82) is 0 Å². The van der Waals surface area contributed by atoms with Gasteiger partial charge in [-0.2, -0.15) is 0 Å². The van der Waals surface area contributed by atoms with E-state index in [-0.39, 0.29) is 17.4 Å². The topological polar surface area (TPSA) is 84.5 Å². The summed E-state index contributed by atoms with van der Waals surface area (Å²) in [5, 5.41) is 2.68. The summed E-state index contributed by atoms with van der Waals surface area (Å²) in [5.41, 5.74) is 3.41. The molecule has 1 amide bonds. The molecule has 0 bridgehead atoms. The smallest absolute Gasteiger partial charge is 0.262 e. The fourth-order valence-corrected chi connectivity index (χ4v) is 4.26. The minimum atomic E-state index is -3.81. The summed E-state index contributed by atoms with van der Waals surface area (Å²) < 4.78 is 33.8. The van der Waals surface area contributed by atoms with Crippen LogP contribution in [0, 0.1) is 20.8 Å². The standard InChI is InChI=1S/C23H24N2O4S/c1-16-6-4-8-20(12-16)25-30(27,28)22-14-19(11-10-18(22)3)24-23(26)15-29-21-9-5-7-17(2)13-21/h4-14,25H,15H2,1-3H3,(H,24,26). The van der Waals surface area contributed by atoms with Crippen molar-refractivity contribution in [2.45, 2.75) is 25.7 Å². The normalized spacial score (nSPS) is 11.0. The number of hydrogen-bond donors (Lipinski definition) is 2. The largest absolute Gasteiger partial charge is 0.484 e. The quantitative estimate of drug-likeness (QED) is 0.588. The molecule has 0 radical (unpaired) electrons. The molecule has 6 nitrogen and oxygen atoms in total. The Morgan fingerprint density at radius 1 is 0.867 bits per heavy atom. The van der Waals surface area contributed by atoms with Gasteiger partial charge in [-0.1, -0.05) is 30.3 Å². The maximum Gasteiger partial charge on any atom is 0.262 e. The van der Waals surface area contributed by atoms with Crippen molar-refractivity contribution >= 4 is 27.3 Å². The van der Waals surface area contributed by atoms with Crippen LogP contribution in [-0.2, 0) is 14.8 Å². The van der Waals surface area contributed by atoms with E-state index in [1.165, 1.54) is 6.07 Å². The molecule has 0 heterocycles. The monoisotopic (exact) mass is 424 g/mol. The Morgan fingerprint density at radius 3 is 2.27 bits per heavy atom. The van der Waals surface area contributed by atoms with E-state index in [1.54, 1.807) is 43.3 Å². The second kappa shape index (κ2) is 9.00. The average molecular weight is 425 g/mol. The number of carbonyl (C=O) groups is 1. The molecule has 0 aliphatic carbocycles. The molecular formula is C23H24N2O4S. The molecule has 0 atom stereocenters. The van der Waals surface area contributed by atoms with Gasteiger partial charge in [-0.3, -0.25) is 9.52 Å². The number of anilines is 2. The number of rotatable bonds is 7. The molecule has 3 aromatic carbocycles. The Labute approximate surface area is 177 Å². The summed E-state index contributed by atoms with van der Waals surface area (Å²) in [5.74, 6) is 0.218. The minimum Gasteiger partial charge on any atom is -0.484 e.